The van der Waals surface area contributed by atoms with Crippen molar-refractivity contribution in [2.45, 2.75) is 39.6 Å². The molecule has 2 rings (SSSR count). The maximum absolute atomic E-state index is 11.7. The van der Waals surface area contributed by atoms with Crippen LogP contribution in [0, 0.1) is 6.92 Å². The molecule has 0 aliphatic carbocycles. The molecule has 0 bridgehead atoms. The first kappa shape index (κ1) is 16.1. The van der Waals surface area contributed by atoms with Gasteiger partial charge in [0.1, 0.15) is 12.7 Å². The average Bonchev–Trinajstić information content (AvgIpc) is 2.74. The molecule has 2 N–H and O–H groups in total. The highest BCUT2D eigenvalue weighted by Gasteiger charge is 2.33. The van der Waals surface area contributed by atoms with Gasteiger partial charge in [-0.1, -0.05) is 11.6 Å². The number of carbonyl (C=O) groups excluding carboxylic acids is 1. The molecule has 21 heavy (non-hydrogen) atoms. The Labute approximate surface area is 129 Å². The lowest BCUT2D eigenvalue weighted by atomic mass is 10.1. The third kappa shape index (κ3) is 3.48. The number of nitrogen functional groups attached to an aromatic ring is 1. The number of benzene rings is 1. The predicted octanol–water partition coefficient (Wildman–Crippen LogP) is 2.96. The van der Waals surface area contributed by atoms with Gasteiger partial charge in [-0.2, -0.15) is 0 Å². The fourth-order valence-electron chi connectivity index (χ4n) is 2.18. The van der Waals surface area contributed by atoms with Crippen LogP contribution < -0.4 is 10.5 Å². The van der Waals surface area contributed by atoms with Crippen molar-refractivity contribution in [2.24, 2.45) is 0 Å². The number of halogens is 1. The van der Waals surface area contributed by atoms with Crippen molar-refractivity contribution in [3.63, 3.8) is 0 Å². The Bertz CT molecular complexity index is 571. The largest absolute Gasteiger partial charge is 0.488 e. The molecule has 1 fully saturated rings. The highest BCUT2D eigenvalue weighted by atomic mass is 35.5. The van der Waals surface area contributed by atoms with Gasteiger partial charge < -0.3 is 19.9 Å². The number of hydrogen-bond donors (Lipinski definition) is 1. The van der Waals surface area contributed by atoms with E-state index in [-0.39, 0.29) is 18.5 Å². The lowest BCUT2D eigenvalue weighted by molar-refractivity contribution is -0.141. The van der Waals surface area contributed by atoms with E-state index in [1.807, 2.05) is 13.8 Å². The summed E-state index contributed by atoms with van der Waals surface area (Å²) in [7, 11) is 0. The molecule has 1 aliphatic heterocycles. The minimum atomic E-state index is -0.612. The van der Waals surface area contributed by atoms with Crippen LogP contribution in [0.2, 0.25) is 5.02 Å². The number of rotatable bonds is 4. The van der Waals surface area contributed by atoms with Gasteiger partial charge in [0, 0.05) is 5.02 Å². The second kappa shape index (κ2) is 5.83. The first-order valence-corrected chi connectivity index (χ1v) is 7.13. The van der Waals surface area contributed by atoms with Gasteiger partial charge >= 0.3 is 0 Å². The Balaban J connectivity index is 2.20. The Kier molecular flexibility index (Phi) is 4.46. The highest BCUT2D eigenvalue weighted by Crippen LogP contribution is 2.35. The highest BCUT2D eigenvalue weighted by molar-refractivity contribution is 6.32. The molecule has 1 unspecified atom stereocenters. The Morgan fingerprint density at radius 2 is 2.24 bits per heavy atom. The smallest absolute Gasteiger partial charge is 0.163 e. The lowest BCUT2D eigenvalue weighted by Gasteiger charge is -2.19. The monoisotopic (exact) mass is 313 g/mol. The zero-order valence-electron chi connectivity index (χ0n) is 12.7. The topological polar surface area (TPSA) is 70.8 Å². The summed E-state index contributed by atoms with van der Waals surface area (Å²) in [4.78, 5) is 11.7. The normalized spacial score (nSPS) is 20.5. The van der Waals surface area contributed by atoms with Crippen LogP contribution in [0.25, 0.3) is 0 Å². The van der Waals surface area contributed by atoms with E-state index in [4.69, 9.17) is 31.5 Å². The standard InChI is InChI=1S/C15H20ClNO4/c1-8-12(16)5-11(9(2)18)14(13(8)17)19-6-10-7-20-15(3,4)21-10/h5,10H,6-7,17H2,1-4H3. The van der Waals surface area contributed by atoms with E-state index < -0.39 is 5.79 Å². The molecule has 1 aromatic carbocycles. The summed E-state index contributed by atoms with van der Waals surface area (Å²) in [6.45, 7) is 7.62. The van der Waals surface area contributed by atoms with Crippen LogP contribution in [0.1, 0.15) is 36.7 Å². The summed E-state index contributed by atoms with van der Waals surface area (Å²) >= 11 is 6.07. The van der Waals surface area contributed by atoms with Crippen LogP contribution in [0.5, 0.6) is 5.75 Å². The molecular weight excluding hydrogens is 294 g/mol. The number of anilines is 1. The zero-order chi connectivity index (χ0) is 15.8. The van der Waals surface area contributed by atoms with Crippen LogP contribution >= 0.6 is 11.6 Å². The Morgan fingerprint density at radius 3 is 2.76 bits per heavy atom. The summed E-state index contributed by atoms with van der Waals surface area (Å²) in [5.41, 5.74) is 7.48. The molecule has 1 aromatic rings. The second-order valence-electron chi connectivity index (χ2n) is 5.59. The number of carbonyl (C=O) groups is 1. The second-order valence-corrected chi connectivity index (χ2v) is 6.00. The van der Waals surface area contributed by atoms with Crippen LogP contribution in [0.3, 0.4) is 0 Å². The third-order valence-electron chi connectivity index (χ3n) is 3.38. The fraction of sp³-hybridized carbons (Fsp3) is 0.533. The first-order chi connectivity index (χ1) is 9.71. The SMILES string of the molecule is CC(=O)c1cc(Cl)c(C)c(N)c1OCC1COC(C)(C)O1. The van der Waals surface area contributed by atoms with Crippen LogP contribution in [-0.4, -0.2) is 30.9 Å². The summed E-state index contributed by atoms with van der Waals surface area (Å²) in [6.07, 6.45) is -0.199. The molecule has 1 heterocycles. The van der Waals surface area contributed by atoms with E-state index >= 15 is 0 Å². The summed E-state index contributed by atoms with van der Waals surface area (Å²) in [5, 5.41) is 0.451. The molecule has 5 nitrogen and oxygen atoms in total. The average molecular weight is 314 g/mol. The number of Topliss-reactive ketones (excluding diaryl/α,β-unsaturated/α-hetero) is 1. The van der Waals surface area contributed by atoms with Gasteiger partial charge in [-0.15, -0.1) is 0 Å². The van der Waals surface area contributed by atoms with Gasteiger partial charge in [-0.3, -0.25) is 4.79 Å². The molecule has 0 spiro atoms. The molecule has 0 radical (unpaired) electrons. The van der Waals surface area contributed by atoms with E-state index in [9.17, 15) is 4.79 Å². The van der Waals surface area contributed by atoms with Crippen molar-refractivity contribution in [2.75, 3.05) is 18.9 Å². The van der Waals surface area contributed by atoms with E-state index in [0.717, 1.165) is 0 Å². The molecule has 0 saturated carbocycles. The zero-order valence-corrected chi connectivity index (χ0v) is 13.4. The molecular formula is C15H20ClNO4. The molecule has 1 atom stereocenters. The number of ether oxygens (including phenoxy) is 3. The van der Waals surface area contributed by atoms with Crippen LogP contribution in [0.4, 0.5) is 5.69 Å². The van der Waals surface area contributed by atoms with Crippen molar-refractivity contribution in [3.05, 3.63) is 22.2 Å². The maximum atomic E-state index is 11.7. The van der Waals surface area contributed by atoms with Crippen LogP contribution in [-0.2, 0) is 9.47 Å². The summed E-state index contributed by atoms with van der Waals surface area (Å²) in [6, 6.07) is 1.58. The molecule has 1 saturated heterocycles. The first-order valence-electron chi connectivity index (χ1n) is 6.75. The number of ketones is 1. The number of hydrogen-bond acceptors (Lipinski definition) is 5. The van der Waals surface area contributed by atoms with Gasteiger partial charge in [0.2, 0.25) is 0 Å². The van der Waals surface area contributed by atoms with Crippen molar-refractivity contribution >= 4 is 23.1 Å². The predicted molar refractivity (Wildman–Crippen MR) is 81.0 cm³/mol. The van der Waals surface area contributed by atoms with E-state index in [0.29, 0.717) is 34.2 Å². The van der Waals surface area contributed by atoms with Gasteiger partial charge in [-0.25, -0.2) is 0 Å². The Morgan fingerprint density at radius 1 is 1.57 bits per heavy atom. The van der Waals surface area contributed by atoms with E-state index in [2.05, 4.69) is 0 Å². The van der Waals surface area contributed by atoms with E-state index in [1.54, 1.807) is 13.0 Å². The van der Waals surface area contributed by atoms with Crippen LogP contribution in [0.15, 0.2) is 6.07 Å². The fourth-order valence-corrected chi connectivity index (χ4v) is 2.39. The minimum absolute atomic E-state index is 0.150. The van der Waals surface area contributed by atoms with Crippen molar-refractivity contribution in [1.29, 1.82) is 0 Å². The molecule has 116 valence electrons. The molecule has 0 amide bonds. The summed E-state index contributed by atoms with van der Waals surface area (Å²) in [5.74, 6) is -0.404. The van der Waals surface area contributed by atoms with Crippen molar-refractivity contribution in [3.8, 4) is 5.75 Å². The quantitative estimate of drug-likeness (QED) is 0.683. The molecule has 0 aromatic heterocycles. The third-order valence-corrected chi connectivity index (χ3v) is 3.78. The molecule has 1 aliphatic rings. The van der Waals surface area contributed by atoms with Gasteiger partial charge in [0.25, 0.3) is 0 Å². The van der Waals surface area contributed by atoms with Gasteiger partial charge in [0.05, 0.1) is 17.9 Å². The van der Waals surface area contributed by atoms with E-state index in [1.165, 1.54) is 6.92 Å². The van der Waals surface area contributed by atoms with Crippen molar-refractivity contribution < 1.29 is 19.0 Å². The van der Waals surface area contributed by atoms with Gasteiger partial charge in [-0.05, 0) is 39.3 Å². The lowest BCUT2D eigenvalue weighted by Crippen LogP contribution is -2.25. The Hall–Kier alpha value is -1.30. The van der Waals surface area contributed by atoms with Crippen molar-refractivity contribution in [1.82, 2.24) is 0 Å². The van der Waals surface area contributed by atoms with Gasteiger partial charge in [0.15, 0.2) is 17.3 Å². The minimum Gasteiger partial charge on any atom is -0.488 e. The summed E-state index contributed by atoms with van der Waals surface area (Å²) < 4.78 is 16.9. The molecule has 6 heteroatoms. The maximum Gasteiger partial charge on any atom is 0.163 e. The number of nitrogens with two attached hydrogens (primary N) is 1.